The molecule has 1 atom stereocenters. The zero-order valence-corrected chi connectivity index (χ0v) is 14.4. The van der Waals surface area contributed by atoms with Gasteiger partial charge in [0.2, 0.25) is 5.58 Å². The molecule has 0 N–H and O–H groups in total. The van der Waals surface area contributed by atoms with E-state index in [9.17, 15) is 8.94 Å². The van der Waals surface area contributed by atoms with Crippen LogP contribution in [0.2, 0.25) is 0 Å². The Balaban J connectivity index is 2.06. The summed E-state index contributed by atoms with van der Waals surface area (Å²) in [6.45, 7) is 5.58. The van der Waals surface area contributed by atoms with Gasteiger partial charge in [-0.15, -0.1) is 0 Å². The van der Waals surface area contributed by atoms with E-state index in [0.29, 0.717) is 11.1 Å². The fraction of sp³-hybridized carbons (Fsp3) is 0.222. The first-order chi connectivity index (χ1) is 11.4. The molecule has 4 nitrogen and oxygen atoms in total. The highest BCUT2D eigenvalue weighted by molar-refractivity contribution is 7.91. The number of halogens is 1. The topological polar surface area (TPSA) is 61.5 Å². The molecule has 0 aliphatic carbocycles. The van der Waals surface area contributed by atoms with Crippen LogP contribution in [0.4, 0.5) is 4.39 Å². The summed E-state index contributed by atoms with van der Waals surface area (Å²) in [7, 11) is 0. The van der Waals surface area contributed by atoms with Crippen molar-refractivity contribution in [3.8, 4) is 11.3 Å². The maximum atomic E-state index is 13.8. The van der Waals surface area contributed by atoms with Crippen LogP contribution >= 0.6 is 0 Å². The Morgan fingerprint density at radius 1 is 1.17 bits per heavy atom. The molecule has 0 saturated heterocycles. The van der Waals surface area contributed by atoms with Crippen LogP contribution in [0, 0.1) is 5.82 Å². The molecule has 6 heteroatoms. The molecule has 24 heavy (non-hydrogen) atoms. The van der Waals surface area contributed by atoms with E-state index >= 15 is 0 Å². The minimum absolute atomic E-state index is 0.123. The van der Waals surface area contributed by atoms with Crippen molar-refractivity contribution in [2.45, 2.75) is 25.5 Å². The lowest BCUT2D eigenvalue weighted by Gasteiger charge is -2.17. The molecule has 124 valence electrons. The summed E-state index contributed by atoms with van der Waals surface area (Å²) < 4.78 is 34.8. The number of hydrogen-bond acceptors (Lipinski definition) is 4. The first kappa shape index (κ1) is 16.7. The largest absolute Gasteiger partial charge is 0.591 e. The molecular formula is C18H17FN2O2S. The second-order valence-electron chi connectivity index (χ2n) is 6.33. The fourth-order valence-electron chi connectivity index (χ4n) is 2.21. The molecule has 0 saturated carbocycles. The van der Waals surface area contributed by atoms with Gasteiger partial charge in [0.1, 0.15) is 21.8 Å². The van der Waals surface area contributed by atoms with E-state index in [1.807, 2.05) is 45.0 Å². The average molecular weight is 344 g/mol. The van der Waals surface area contributed by atoms with E-state index in [1.54, 1.807) is 18.3 Å². The number of benzene rings is 2. The first-order valence-corrected chi connectivity index (χ1v) is 8.58. The molecule has 0 aliphatic heterocycles. The van der Waals surface area contributed by atoms with Crippen LogP contribution in [0.3, 0.4) is 0 Å². The summed E-state index contributed by atoms with van der Waals surface area (Å²) in [5, 5.41) is 4.60. The van der Waals surface area contributed by atoms with Gasteiger partial charge in [-0.3, -0.25) is 0 Å². The second kappa shape index (κ2) is 6.37. The molecule has 0 aliphatic rings. The van der Waals surface area contributed by atoms with Gasteiger partial charge in [-0.1, -0.05) is 39.9 Å². The normalized spacial score (nSPS) is 13.7. The predicted octanol–water partition coefficient (Wildman–Crippen LogP) is 4.52. The zero-order valence-electron chi connectivity index (χ0n) is 13.6. The van der Waals surface area contributed by atoms with Crippen molar-refractivity contribution in [3.05, 3.63) is 53.8 Å². The van der Waals surface area contributed by atoms with Gasteiger partial charge < -0.3 is 9.08 Å². The van der Waals surface area contributed by atoms with Crippen molar-refractivity contribution in [1.29, 1.82) is 0 Å². The molecule has 3 aromatic rings. The molecule has 1 aromatic heterocycles. The lowest BCUT2D eigenvalue weighted by Crippen LogP contribution is -2.25. The molecule has 3 rings (SSSR count). The molecule has 0 amide bonds. The van der Waals surface area contributed by atoms with E-state index < -0.39 is 21.9 Å². The quantitative estimate of drug-likeness (QED) is 0.518. The van der Waals surface area contributed by atoms with Crippen LogP contribution in [-0.2, 0) is 11.4 Å². The highest BCUT2D eigenvalue weighted by atomic mass is 32.2. The standard InChI is InChI=1S/C18H17FN2O2S/c1-18(2,3)24(22)20-11-12-7-4-5-8-13(12)16-14-9-6-10-15(19)17(14)23-21-16/h4-11H,1-3H3/b20-11+/t24-/m0/s1. The highest BCUT2D eigenvalue weighted by Gasteiger charge is 2.26. The molecule has 0 spiro atoms. The molecule has 0 bridgehead atoms. The van der Waals surface area contributed by atoms with Crippen molar-refractivity contribution < 1.29 is 13.5 Å². The molecule has 0 unspecified atom stereocenters. The summed E-state index contributed by atoms with van der Waals surface area (Å²) in [6.07, 6.45) is 1.57. The van der Waals surface area contributed by atoms with Gasteiger partial charge in [-0.2, -0.15) is 0 Å². The lowest BCUT2D eigenvalue weighted by molar-refractivity contribution is 0.443. The molecular weight excluding hydrogens is 327 g/mol. The lowest BCUT2D eigenvalue weighted by atomic mass is 10.0. The van der Waals surface area contributed by atoms with Gasteiger partial charge in [-0.05, 0) is 32.9 Å². The number of rotatable bonds is 3. The smallest absolute Gasteiger partial charge is 0.203 e. The second-order valence-corrected chi connectivity index (χ2v) is 8.26. The summed E-state index contributed by atoms with van der Waals surface area (Å²) in [5.41, 5.74) is 2.15. The minimum Gasteiger partial charge on any atom is -0.591 e. The maximum absolute atomic E-state index is 13.8. The zero-order chi connectivity index (χ0) is 17.3. The Labute approximate surface area is 142 Å². The first-order valence-electron chi connectivity index (χ1n) is 7.47. The molecule has 0 radical (unpaired) electrons. The van der Waals surface area contributed by atoms with Crippen LogP contribution in [0.25, 0.3) is 22.2 Å². The van der Waals surface area contributed by atoms with Crippen molar-refractivity contribution in [2.75, 3.05) is 0 Å². The third-order valence-corrected chi connectivity index (χ3v) is 4.82. The minimum atomic E-state index is -1.36. The van der Waals surface area contributed by atoms with E-state index in [1.165, 1.54) is 6.07 Å². The van der Waals surface area contributed by atoms with E-state index in [2.05, 4.69) is 9.55 Å². The predicted molar refractivity (Wildman–Crippen MR) is 94.9 cm³/mol. The summed E-state index contributed by atoms with van der Waals surface area (Å²) >= 11 is -1.36. The molecule has 2 aromatic carbocycles. The number of fused-ring (bicyclic) bond motifs is 1. The Morgan fingerprint density at radius 2 is 1.92 bits per heavy atom. The van der Waals surface area contributed by atoms with Gasteiger partial charge >= 0.3 is 0 Å². The molecule has 1 heterocycles. The van der Waals surface area contributed by atoms with Crippen molar-refractivity contribution in [3.63, 3.8) is 0 Å². The van der Waals surface area contributed by atoms with Crippen LogP contribution in [0.15, 0.2) is 51.4 Å². The maximum Gasteiger partial charge on any atom is 0.203 e. The monoisotopic (exact) mass is 344 g/mol. The number of aromatic nitrogens is 1. The van der Waals surface area contributed by atoms with E-state index in [4.69, 9.17) is 4.52 Å². The van der Waals surface area contributed by atoms with Gasteiger partial charge in [0, 0.05) is 11.1 Å². The Hall–Kier alpha value is -2.18. The third kappa shape index (κ3) is 3.20. The third-order valence-electron chi connectivity index (χ3n) is 3.48. The van der Waals surface area contributed by atoms with Gasteiger partial charge in [-0.25, -0.2) is 4.39 Å². The Morgan fingerprint density at radius 3 is 2.67 bits per heavy atom. The number of para-hydroxylation sites is 1. The van der Waals surface area contributed by atoms with E-state index in [0.717, 1.165) is 11.1 Å². The number of hydrogen-bond donors (Lipinski definition) is 0. The average Bonchev–Trinajstić information content (AvgIpc) is 2.97. The molecule has 0 fully saturated rings. The van der Waals surface area contributed by atoms with Gasteiger partial charge in [0.15, 0.2) is 5.82 Å². The fourth-order valence-corrected chi connectivity index (χ4v) is 2.74. The Bertz CT molecular complexity index is 899. The van der Waals surface area contributed by atoms with Crippen LogP contribution < -0.4 is 0 Å². The van der Waals surface area contributed by atoms with Crippen molar-refractivity contribution in [1.82, 2.24) is 5.16 Å². The number of nitrogens with zero attached hydrogens (tertiary/aromatic N) is 2. The SMILES string of the molecule is CC(C)(C)[S@+]([O-])/N=C/c1ccccc1-c1noc2c(F)cccc12. The van der Waals surface area contributed by atoms with Crippen molar-refractivity contribution in [2.24, 2.45) is 4.40 Å². The van der Waals surface area contributed by atoms with Crippen LogP contribution in [0.1, 0.15) is 26.3 Å². The summed E-state index contributed by atoms with van der Waals surface area (Å²) in [4.78, 5) is 0. The van der Waals surface area contributed by atoms with Crippen molar-refractivity contribution >= 4 is 28.5 Å². The van der Waals surface area contributed by atoms with Crippen LogP contribution in [-0.4, -0.2) is 20.7 Å². The Kier molecular flexibility index (Phi) is 4.43. The highest BCUT2D eigenvalue weighted by Crippen LogP contribution is 2.31. The van der Waals surface area contributed by atoms with E-state index in [-0.39, 0.29) is 5.58 Å². The summed E-state index contributed by atoms with van der Waals surface area (Å²) in [6, 6.07) is 12.1. The van der Waals surface area contributed by atoms with Gasteiger partial charge in [0.05, 0.1) is 11.6 Å². The summed E-state index contributed by atoms with van der Waals surface area (Å²) in [5.74, 6) is -0.453. The van der Waals surface area contributed by atoms with Crippen LogP contribution in [0.5, 0.6) is 0 Å². The van der Waals surface area contributed by atoms with Gasteiger partial charge in [0.25, 0.3) is 0 Å².